The molecule has 0 spiro atoms. The van der Waals surface area contributed by atoms with Crippen molar-refractivity contribution in [1.82, 2.24) is 5.32 Å². The molecule has 1 aromatic rings. The number of nitrogens with zero attached hydrogens (tertiary/aromatic N) is 1. The van der Waals surface area contributed by atoms with E-state index in [2.05, 4.69) is 30.2 Å². The molecule has 0 aliphatic rings. The van der Waals surface area contributed by atoms with Crippen LogP contribution in [0.2, 0.25) is 0 Å². The normalized spacial score (nSPS) is 9.76. The van der Waals surface area contributed by atoms with E-state index in [0.717, 1.165) is 30.2 Å². The van der Waals surface area contributed by atoms with Gasteiger partial charge in [-0.2, -0.15) is 0 Å². The number of unbranched alkanes of at least 4 members (excludes halogenated alkanes) is 2. The summed E-state index contributed by atoms with van der Waals surface area (Å²) in [6.45, 7) is 5.14. The van der Waals surface area contributed by atoms with Crippen LogP contribution in [-0.4, -0.2) is 19.6 Å². The van der Waals surface area contributed by atoms with Crippen molar-refractivity contribution in [1.29, 1.82) is 0 Å². The molecule has 1 aromatic carbocycles. The molecule has 0 saturated carbocycles. The van der Waals surface area contributed by atoms with Crippen LogP contribution in [0.1, 0.15) is 26.2 Å². The molecule has 2 nitrogen and oxygen atoms in total. The zero-order chi connectivity index (χ0) is 11.6. The van der Waals surface area contributed by atoms with Crippen molar-refractivity contribution in [2.24, 2.45) is 0 Å². The Morgan fingerprint density at radius 2 is 1.82 bits per heavy atom. The van der Waals surface area contributed by atoms with Gasteiger partial charge in [0, 0.05) is 4.90 Å². The van der Waals surface area contributed by atoms with Crippen LogP contribution in [0.4, 0.5) is 5.69 Å². The van der Waals surface area contributed by atoms with Gasteiger partial charge in [0.1, 0.15) is 0 Å². The van der Waals surface area contributed by atoms with Crippen molar-refractivity contribution in [3.05, 3.63) is 29.6 Å². The number of rotatable bonds is 8. The Bertz CT molecular complexity index is 277. The van der Waals surface area contributed by atoms with Crippen LogP contribution < -0.4 is 56.7 Å². The van der Waals surface area contributed by atoms with E-state index >= 15 is 0 Å². The Morgan fingerprint density at radius 3 is 2.47 bits per heavy atom. The van der Waals surface area contributed by atoms with E-state index in [4.69, 9.17) is 0 Å². The molecule has 0 atom stereocenters. The molecular formula is C13H21KN2S. The maximum absolute atomic E-state index is 4.47. The molecule has 1 rings (SSSR count). The van der Waals surface area contributed by atoms with Crippen LogP contribution in [-0.2, 0) is 0 Å². The van der Waals surface area contributed by atoms with Crippen LogP contribution in [0, 0.1) is 0 Å². The molecular weight excluding hydrogens is 255 g/mol. The molecule has 0 unspecified atom stereocenters. The maximum atomic E-state index is 4.47. The zero-order valence-electron chi connectivity index (χ0n) is 10.9. The number of hydrogen-bond acceptors (Lipinski definition) is 2. The standard InChI is InChI=1S/C13H21N2S.K/c1-2-3-4-9-14-10-11-15-12-5-7-13(16)8-6-12;/h5-8,14,16H,2-4,9-11H2,1H3;/q-1;+1. The fraction of sp³-hybridized carbons (Fsp3) is 0.538. The summed E-state index contributed by atoms with van der Waals surface area (Å²) in [5.74, 6) is 0. The molecule has 0 aliphatic heterocycles. The van der Waals surface area contributed by atoms with Gasteiger partial charge in [-0.1, -0.05) is 44.0 Å². The first-order valence-corrected chi connectivity index (χ1v) is 6.45. The van der Waals surface area contributed by atoms with Gasteiger partial charge in [0.25, 0.3) is 0 Å². The summed E-state index contributed by atoms with van der Waals surface area (Å²) in [5, 5.41) is 7.86. The molecule has 0 fully saturated rings. The molecule has 0 bridgehead atoms. The second kappa shape index (κ2) is 12.0. The maximum Gasteiger partial charge on any atom is 1.00 e. The van der Waals surface area contributed by atoms with Gasteiger partial charge in [-0.3, -0.25) is 0 Å². The predicted octanol–water partition coefficient (Wildman–Crippen LogP) is 0.764. The molecule has 0 saturated heterocycles. The fourth-order valence-electron chi connectivity index (χ4n) is 1.45. The third-order valence-corrected chi connectivity index (χ3v) is 2.69. The van der Waals surface area contributed by atoms with E-state index < -0.39 is 0 Å². The largest absolute Gasteiger partial charge is 1.00 e. The Kier molecular flexibility index (Phi) is 12.7. The fourth-order valence-corrected chi connectivity index (χ4v) is 1.60. The molecule has 4 heteroatoms. The Hall–Kier alpha value is 0.966. The summed E-state index contributed by atoms with van der Waals surface area (Å²) < 4.78 is 0. The van der Waals surface area contributed by atoms with E-state index in [9.17, 15) is 0 Å². The monoisotopic (exact) mass is 276 g/mol. The van der Waals surface area contributed by atoms with Crippen LogP contribution in [0.3, 0.4) is 0 Å². The summed E-state index contributed by atoms with van der Waals surface area (Å²) in [5.41, 5.74) is 1.04. The Labute approximate surface area is 153 Å². The van der Waals surface area contributed by atoms with Gasteiger partial charge >= 0.3 is 51.4 Å². The van der Waals surface area contributed by atoms with Gasteiger partial charge in [-0.25, -0.2) is 0 Å². The first-order chi connectivity index (χ1) is 7.83. The van der Waals surface area contributed by atoms with E-state index in [-0.39, 0.29) is 51.4 Å². The van der Waals surface area contributed by atoms with E-state index in [1.54, 1.807) is 0 Å². The van der Waals surface area contributed by atoms with E-state index in [1.807, 2.05) is 24.3 Å². The molecule has 0 heterocycles. The predicted molar refractivity (Wildman–Crippen MR) is 74.0 cm³/mol. The van der Waals surface area contributed by atoms with Crippen molar-refractivity contribution in [3.8, 4) is 0 Å². The Morgan fingerprint density at radius 1 is 1.12 bits per heavy atom. The van der Waals surface area contributed by atoms with E-state index in [1.165, 1.54) is 19.3 Å². The first-order valence-electron chi connectivity index (χ1n) is 6.00. The quantitative estimate of drug-likeness (QED) is 0.409. The van der Waals surface area contributed by atoms with Gasteiger partial charge in [0.2, 0.25) is 0 Å². The third-order valence-electron chi connectivity index (χ3n) is 2.39. The molecule has 0 aliphatic carbocycles. The molecule has 1 N–H and O–H groups in total. The van der Waals surface area contributed by atoms with Crippen LogP contribution >= 0.6 is 12.6 Å². The number of hydrogen-bond donors (Lipinski definition) is 2. The second-order valence-electron chi connectivity index (χ2n) is 3.86. The Balaban J connectivity index is 0.00000256. The minimum Gasteiger partial charge on any atom is -0.683 e. The van der Waals surface area contributed by atoms with Crippen molar-refractivity contribution in [2.45, 2.75) is 31.1 Å². The van der Waals surface area contributed by atoms with E-state index in [0.29, 0.717) is 0 Å². The third kappa shape index (κ3) is 9.53. The van der Waals surface area contributed by atoms with Gasteiger partial charge < -0.3 is 10.6 Å². The first kappa shape index (κ1) is 18.0. The summed E-state index contributed by atoms with van der Waals surface area (Å²) in [6, 6.07) is 7.94. The molecule has 90 valence electrons. The van der Waals surface area contributed by atoms with Crippen molar-refractivity contribution >= 4 is 18.3 Å². The number of thiol groups is 1. The number of nitrogens with one attached hydrogen (secondary N) is 1. The average Bonchev–Trinajstić information content (AvgIpc) is 2.30. The minimum atomic E-state index is 0. The van der Waals surface area contributed by atoms with Crippen LogP contribution in [0.5, 0.6) is 0 Å². The summed E-state index contributed by atoms with van der Waals surface area (Å²) in [6.07, 6.45) is 3.86. The summed E-state index contributed by atoms with van der Waals surface area (Å²) >= 11 is 4.23. The smallest absolute Gasteiger partial charge is 0.683 e. The van der Waals surface area contributed by atoms with Crippen molar-refractivity contribution < 1.29 is 51.4 Å². The van der Waals surface area contributed by atoms with Crippen molar-refractivity contribution in [2.75, 3.05) is 19.6 Å². The molecule has 0 aromatic heterocycles. The van der Waals surface area contributed by atoms with Gasteiger partial charge in [-0.05, 0) is 19.5 Å². The minimum absolute atomic E-state index is 0. The van der Waals surface area contributed by atoms with Crippen LogP contribution in [0.15, 0.2) is 29.2 Å². The van der Waals surface area contributed by atoms with Gasteiger partial charge in [0.15, 0.2) is 0 Å². The molecule has 17 heavy (non-hydrogen) atoms. The number of benzene rings is 1. The van der Waals surface area contributed by atoms with Gasteiger partial charge in [-0.15, -0.1) is 24.9 Å². The van der Waals surface area contributed by atoms with Crippen molar-refractivity contribution in [3.63, 3.8) is 0 Å². The molecule has 0 amide bonds. The average molecular weight is 276 g/mol. The molecule has 0 radical (unpaired) electrons. The summed E-state index contributed by atoms with van der Waals surface area (Å²) in [4.78, 5) is 0.983. The van der Waals surface area contributed by atoms with Crippen LogP contribution in [0.25, 0.3) is 5.32 Å². The SMILES string of the molecule is CCCCCNCC[N-]c1ccc(S)cc1.[K+]. The topological polar surface area (TPSA) is 26.1 Å². The zero-order valence-corrected chi connectivity index (χ0v) is 15.0. The summed E-state index contributed by atoms with van der Waals surface area (Å²) in [7, 11) is 0. The van der Waals surface area contributed by atoms with Gasteiger partial charge in [0.05, 0.1) is 0 Å². The second-order valence-corrected chi connectivity index (χ2v) is 4.37.